The van der Waals surface area contributed by atoms with Crippen LogP contribution in [0.15, 0.2) is 18.2 Å². The van der Waals surface area contributed by atoms with Gasteiger partial charge in [-0.2, -0.15) is 5.26 Å². The lowest BCUT2D eigenvalue weighted by Gasteiger charge is -2.07. The molecule has 0 saturated carbocycles. The average Bonchev–Trinajstić information content (AvgIpc) is 2.24. The van der Waals surface area contributed by atoms with Gasteiger partial charge in [0.25, 0.3) is 0 Å². The molecule has 1 rings (SSSR count). The number of halogens is 1. The fraction of sp³-hybridized carbons (Fsp3) is 0.417. The van der Waals surface area contributed by atoms with E-state index in [0.717, 1.165) is 5.56 Å². The summed E-state index contributed by atoms with van der Waals surface area (Å²) in [5.41, 5.74) is 6.23. The summed E-state index contributed by atoms with van der Waals surface area (Å²) < 4.78 is 18.5. The van der Waals surface area contributed by atoms with Gasteiger partial charge in [0.1, 0.15) is 11.6 Å². The molecule has 0 unspecified atom stereocenters. The highest BCUT2D eigenvalue weighted by atomic mass is 19.1. The number of nitriles is 1. The van der Waals surface area contributed by atoms with Gasteiger partial charge in [0.05, 0.1) is 12.7 Å². The first-order valence-corrected chi connectivity index (χ1v) is 5.25. The Balaban J connectivity index is 2.55. The summed E-state index contributed by atoms with van der Waals surface area (Å²) >= 11 is 0. The molecule has 0 radical (unpaired) electrons. The first-order valence-electron chi connectivity index (χ1n) is 5.25. The van der Waals surface area contributed by atoms with Crippen molar-refractivity contribution in [2.75, 3.05) is 13.2 Å². The van der Waals surface area contributed by atoms with Gasteiger partial charge in [-0.15, -0.1) is 0 Å². The smallest absolute Gasteiger partial charge is 0.127 e. The van der Waals surface area contributed by atoms with E-state index in [-0.39, 0.29) is 5.82 Å². The van der Waals surface area contributed by atoms with Gasteiger partial charge in [-0.3, -0.25) is 0 Å². The van der Waals surface area contributed by atoms with E-state index in [1.165, 1.54) is 12.1 Å². The van der Waals surface area contributed by atoms with Crippen LogP contribution >= 0.6 is 0 Å². The van der Waals surface area contributed by atoms with Crippen LogP contribution in [0, 0.1) is 17.1 Å². The lowest BCUT2D eigenvalue weighted by molar-refractivity contribution is 0.311. The zero-order chi connectivity index (χ0) is 11.8. The molecule has 4 heteroatoms. The van der Waals surface area contributed by atoms with Gasteiger partial charge in [0.2, 0.25) is 0 Å². The minimum absolute atomic E-state index is 0.318. The van der Waals surface area contributed by atoms with Crippen LogP contribution in [0.4, 0.5) is 4.39 Å². The van der Waals surface area contributed by atoms with Gasteiger partial charge in [-0.25, -0.2) is 4.39 Å². The Bertz CT molecular complexity index is 374. The quantitative estimate of drug-likeness (QED) is 0.749. The van der Waals surface area contributed by atoms with Crippen molar-refractivity contribution in [1.29, 1.82) is 5.26 Å². The monoisotopic (exact) mass is 222 g/mol. The molecule has 86 valence electrons. The van der Waals surface area contributed by atoms with E-state index in [4.69, 9.17) is 15.7 Å². The van der Waals surface area contributed by atoms with Crippen LogP contribution in [0.5, 0.6) is 5.75 Å². The molecule has 0 aromatic heterocycles. The summed E-state index contributed by atoms with van der Waals surface area (Å²) in [6, 6.07) is 6.60. The third-order valence-electron chi connectivity index (χ3n) is 2.07. The van der Waals surface area contributed by atoms with Crippen LogP contribution in [-0.4, -0.2) is 13.2 Å². The molecule has 2 N–H and O–H groups in total. The summed E-state index contributed by atoms with van der Waals surface area (Å²) in [7, 11) is 0. The number of rotatable bonds is 6. The highest BCUT2D eigenvalue weighted by molar-refractivity contribution is 5.29. The molecule has 0 amide bonds. The Hall–Kier alpha value is -1.60. The molecule has 0 bridgehead atoms. The standard InChI is InChI=1S/C12H15FN2O/c13-11-7-10(3-5-15)8-12(9-11)16-6-2-1-4-14/h7-9H,1-3,5-6,15H2. The molecule has 16 heavy (non-hydrogen) atoms. The molecule has 0 heterocycles. The van der Waals surface area contributed by atoms with Crippen molar-refractivity contribution < 1.29 is 9.13 Å². The minimum atomic E-state index is -0.318. The molecule has 0 aliphatic rings. The number of ether oxygens (including phenoxy) is 1. The van der Waals surface area contributed by atoms with Crippen LogP contribution in [0.2, 0.25) is 0 Å². The maximum Gasteiger partial charge on any atom is 0.127 e. The first kappa shape index (κ1) is 12.5. The van der Waals surface area contributed by atoms with Crippen LogP contribution in [-0.2, 0) is 6.42 Å². The molecule has 0 aliphatic heterocycles. The summed E-state index contributed by atoms with van der Waals surface area (Å²) in [5, 5.41) is 8.34. The minimum Gasteiger partial charge on any atom is -0.493 e. The summed E-state index contributed by atoms with van der Waals surface area (Å²) in [6.07, 6.45) is 1.73. The van der Waals surface area contributed by atoms with E-state index >= 15 is 0 Å². The second kappa shape index (κ2) is 6.81. The molecule has 1 aromatic rings. The van der Waals surface area contributed by atoms with Crippen molar-refractivity contribution in [2.45, 2.75) is 19.3 Å². The SMILES string of the molecule is N#CCCCOc1cc(F)cc(CCN)c1. The lowest BCUT2D eigenvalue weighted by Crippen LogP contribution is -2.04. The molecule has 0 spiro atoms. The van der Waals surface area contributed by atoms with Gasteiger partial charge in [-0.05, 0) is 37.1 Å². The van der Waals surface area contributed by atoms with Crippen LogP contribution in [0.1, 0.15) is 18.4 Å². The molecule has 1 aromatic carbocycles. The molecule has 3 nitrogen and oxygen atoms in total. The summed E-state index contributed by atoms with van der Waals surface area (Å²) in [5.74, 6) is 0.183. The fourth-order valence-electron chi connectivity index (χ4n) is 1.36. The third-order valence-corrected chi connectivity index (χ3v) is 2.07. The predicted molar refractivity (Wildman–Crippen MR) is 59.5 cm³/mol. The van der Waals surface area contributed by atoms with E-state index in [9.17, 15) is 4.39 Å². The van der Waals surface area contributed by atoms with Crippen molar-refractivity contribution >= 4 is 0 Å². The Morgan fingerprint density at radius 1 is 1.38 bits per heavy atom. The van der Waals surface area contributed by atoms with E-state index < -0.39 is 0 Å². The van der Waals surface area contributed by atoms with Crippen molar-refractivity contribution in [2.24, 2.45) is 5.73 Å². The molecule has 0 fully saturated rings. The van der Waals surface area contributed by atoms with Gasteiger partial charge >= 0.3 is 0 Å². The lowest BCUT2D eigenvalue weighted by atomic mass is 10.1. The van der Waals surface area contributed by atoms with Crippen LogP contribution in [0.25, 0.3) is 0 Å². The summed E-state index contributed by atoms with van der Waals surface area (Å²) in [6.45, 7) is 0.913. The molecular formula is C12H15FN2O. The normalized spacial score (nSPS) is 9.81. The first-order chi connectivity index (χ1) is 7.76. The van der Waals surface area contributed by atoms with Crippen LogP contribution < -0.4 is 10.5 Å². The second-order valence-electron chi connectivity index (χ2n) is 3.44. The second-order valence-corrected chi connectivity index (χ2v) is 3.44. The molecule has 0 saturated heterocycles. The topological polar surface area (TPSA) is 59.0 Å². The fourth-order valence-corrected chi connectivity index (χ4v) is 1.36. The van der Waals surface area contributed by atoms with Crippen molar-refractivity contribution in [3.63, 3.8) is 0 Å². The van der Waals surface area contributed by atoms with E-state index in [1.807, 2.05) is 6.07 Å². The Kier molecular flexibility index (Phi) is 5.30. The maximum absolute atomic E-state index is 13.2. The Labute approximate surface area is 94.6 Å². The van der Waals surface area contributed by atoms with Gasteiger partial charge < -0.3 is 10.5 Å². The number of hydrogen-bond donors (Lipinski definition) is 1. The van der Waals surface area contributed by atoms with Gasteiger partial charge in [0, 0.05) is 12.5 Å². The summed E-state index contributed by atoms with van der Waals surface area (Å²) in [4.78, 5) is 0. The van der Waals surface area contributed by atoms with Crippen molar-refractivity contribution in [1.82, 2.24) is 0 Å². The Morgan fingerprint density at radius 3 is 2.88 bits per heavy atom. The number of nitrogens with two attached hydrogens (primary N) is 1. The number of hydrogen-bond acceptors (Lipinski definition) is 3. The van der Waals surface area contributed by atoms with E-state index in [0.29, 0.717) is 38.2 Å². The molecule has 0 aliphatic carbocycles. The Morgan fingerprint density at radius 2 is 2.19 bits per heavy atom. The number of unbranched alkanes of at least 4 members (excludes halogenated alkanes) is 1. The maximum atomic E-state index is 13.2. The average molecular weight is 222 g/mol. The van der Waals surface area contributed by atoms with Crippen LogP contribution in [0.3, 0.4) is 0 Å². The van der Waals surface area contributed by atoms with E-state index in [1.54, 1.807) is 6.07 Å². The highest BCUT2D eigenvalue weighted by Gasteiger charge is 2.01. The third kappa shape index (κ3) is 4.28. The number of nitrogens with zero attached hydrogens (tertiary/aromatic N) is 1. The van der Waals surface area contributed by atoms with Gasteiger partial charge in [-0.1, -0.05) is 0 Å². The zero-order valence-electron chi connectivity index (χ0n) is 9.08. The van der Waals surface area contributed by atoms with Crippen molar-refractivity contribution in [3.8, 4) is 11.8 Å². The van der Waals surface area contributed by atoms with Gasteiger partial charge in [0.15, 0.2) is 0 Å². The largest absolute Gasteiger partial charge is 0.493 e. The highest BCUT2D eigenvalue weighted by Crippen LogP contribution is 2.17. The van der Waals surface area contributed by atoms with Crippen molar-refractivity contribution in [3.05, 3.63) is 29.6 Å². The molecular weight excluding hydrogens is 207 g/mol. The van der Waals surface area contributed by atoms with E-state index in [2.05, 4.69) is 0 Å². The zero-order valence-corrected chi connectivity index (χ0v) is 9.08. The number of benzene rings is 1. The molecule has 0 atom stereocenters. The predicted octanol–water partition coefficient (Wildman–Crippen LogP) is 2.01.